The number of hydrogen-bond acceptors (Lipinski definition) is 7. The highest BCUT2D eigenvalue weighted by Crippen LogP contribution is 2.30. The predicted molar refractivity (Wildman–Crippen MR) is 100 cm³/mol. The molecule has 2 aliphatic heterocycles. The molecule has 0 aliphatic carbocycles. The van der Waals surface area contributed by atoms with E-state index in [1.165, 1.54) is 26.0 Å². The zero-order chi connectivity index (χ0) is 20.3. The fourth-order valence-electron chi connectivity index (χ4n) is 3.13. The van der Waals surface area contributed by atoms with E-state index in [4.69, 9.17) is 14.2 Å². The van der Waals surface area contributed by atoms with Gasteiger partial charge in [-0.25, -0.2) is 14.0 Å². The van der Waals surface area contributed by atoms with Gasteiger partial charge in [0.1, 0.15) is 0 Å². The van der Waals surface area contributed by atoms with Crippen LogP contribution in [-0.2, 0) is 19.1 Å². The minimum absolute atomic E-state index is 0.0520. The molecule has 28 heavy (non-hydrogen) atoms. The normalized spacial score (nSPS) is 20.4. The molecule has 8 heteroatoms. The van der Waals surface area contributed by atoms with Crippen LogP contribution in [0.5, 0.6) is 5.75 Å². The topological polar surface area (TPSA) is 77.1 Å². The zero-order valence-electron chi connectivity index (χ0n) is 16.3. The number of ether oxygens (including phenoxy) is 3. The Hall–Kier alpha value is -2.61. The zero-order valence-corrected chi connectivity index (χ0v) is 16.3. The van der Waals surface area contributed by atoms with Crippen molar-refractivity contribution in [1.82, 2.24) is 4.90 Å². The lowest BCUT2D eigenvalue weighted by molar-refractivity contribution is -0.222. The second-order valence-corrected chi connectivity index (χ2v) is 7.56. The van der Waals surface area contributed by atoms with E-state index in [9.17, 15) is 14.0 Å². The SMILES string of the molecule is CN1CCC(COc2c(F)cccc2NC=C2C(=O)OC(C)(C)OC2=O)CC1. The second kappa shape index (κ2) is 8.18. The van der Waals surface area contributed by atoms with Gasteiger partial charge in [-0.3, -0.25) is 0 Å². The largest absolute Gasteiger partial charge is 0.488 e. The smallest absolute Gasteiger partial charge is 0.350 e. The van der Waals surface area contributed by atoms with E-state index < -0.39 is 23.5 Å². The Bertz CT molecular complexity index is 763. The van der Waals surface area contributed by atoms with Gasteiger partial charge >= 0.3 is 11.9 Å². The highest BCUT2D eigenvalue weighted by Gasteiger charge is 2.39. The van der Waals surface area contributed by atoms with Gasteiger partial charge < -0.3 is 24.4 Å². The molecule has 2 aliphatic rings. The van der Waals surface area contributed by atoms with Crippen molar-refractivity contribution in [3.05, 3.63) is 35.8 Å². The molecule has 0 bridgehead atoms. The van der Waals surface area contributed by atoms with E-state index >= 15 is 0 Å². The number of hydrogen-bond donors (Lipinski definition) is 1. The average molecular weight is 392 g/mol. The lowest BCUT2D eigenvalue weighted by atomic mass is 9.98. The number of rotatable bonds is 5. The van der Waals surface area contributed by atoms with E-state index in [-0.39, 0.29) is 11.3 Å². The van der Waals surface area contributed by atoms with Gasteiger partial charge in [-0.2, -0.15) is 0 Å². The van der Waals surface area contributed by atoms with E-state index in [0.29, 0.717) is 18.2 Å². The standard InChI is InChI=1S/C20H25FN2O5/c1-20(2)27-18(24)14(19(25)28-20)11-22-16-6-4-5-15(21)17(16)26-12-13-7-9-23(3)10-8-13/h4-6,11,13,22H,7-10,12H2,1-3H3. The summed E-state index contributed by atoms with van der Waals surface area (Å²) in [5.74, 6) is -3.04. The third kappa shape index (κ3) is 4.81. The molecule has 2 fully saturated rings. The molecule has 152 valence electrons. The van der Waals surface area contributed by atoms with Crippen LogP contribution in [0.1, 0.15) is 26.7 Å². The number of nitrogens with zero attached hydrogens (tertiary/aromatic N) is 1. The number of carbonyl (C=O) groups excluding carboxylic acids is 2. The third-order valence-corrected chi connectivity index (χ3v) is 4.76. The van der Waals surface area contributed by atoms with Crippen molar-refractivity contribution in [3.63, 3.8) is 0 Å². The minimum atomic E-state index is -1.31. The molecular weight excluding hydrogens is 367 g/mol. The first-order valence-corrected chi connectivity index (χ1v) is 9.28. The molecule has 0 spiro atoms. The summed E-state index contributed by atoms with van der Waals surface area (Å²) in [6.07, 6.45) is 3.13. The average Bonchev–Trinajstić information content (AvgIpc) is 2.61. The van der Waals surface area contributed by atoms with Crippen molar-refractivity contribution in [3.8, 4) is 5.75 Å². The van der Waals surface area contributed by atoms with Crippen molar-refractivity contribution in [2.45, 2.75) is 32.5 Å². The molecule has 1 aromatic rings. The first-order chi connectivity index (χ1) is 13.2. The Morgan fingerprint density at radius 2 is 1.89 bits per heavy atom. The molecule has 0 amide bonds. The lowest BCUT2D eigenvalue weighted by Crippen LogP contribution is -2.42. The predicted octanol–water partition coefficient (Wildman–Crippen LogP) is 2.68. The number of cyclic esters (lactones) is 2. The molecule has 1 N–H and O–H groups in total. The summed E-state index contributed by atoms with van der Waals surface area (Å²) in [5, 5.41) is 2.77. The van der Waals surface area contributed by atoms with E-state index in [1.807, 2.05) is 0 Å². The summed E-state index contributed by atoms with van der Waals surface area (Å²) in [6, 6.07) is 4.42. The minimum Gasteiger partial charge on any atom is -0.488 e. The van der Waals surface area contributed by atoms with E-state index in [0.717, 1.165) is 32.1 Å². The highest BCUT2D eigenvalue weighted by molar-refractivity contribution is 6.15. The van der Waals surface area contributed by atoms with Gasteiger partial charge in [0.15, 0.2) is 17.1 Å². The molecule has 3 rings (SSSR count). The molecule has 0 aromatic heterocycles. The van der Waals surface area contributed by atoms with Crippen molar-refractivity contribution >= 4 is 17.6 Å². The summed E-state index contributed by atoms with van der Waals surface area (Å²) in [5.41, 5.74) is 0.00992. The number of para-hydroxylation sites is 1. The van der Waals surface area contributed by atoms with Crippen LogP contribution in [-0.4, -0.2) is 49.4 Å². The Morgan fingerprint density at radius 1 is 1.25 bits per heavy atom. The van der Waals surface area contributed by atoms with Crippen LogP contribution >= 0.6 is 0 Å². The number of anilines is 1. The Morgan fingerprint density at radius 3 is 2.54 bits per heavy atom. The quantitative estimate of drug-likeness (QED) is 0.469. The van der Waals surface area contributed by atoms with Crippen LogP contribution in [0.15, 0.2) is 30.0 Å². The molecule has 1 aromatic carbocycles. The third-order valence-electron chi connectivity index (χ3n) is 4.76. The van der Waals surface area contributed by atoms with Crippen LogP contribution in [0, 0.1) is 11.7 Å². The number of carbonyl (C=O) groups is 2. The van der Waals surface area contributed by atoms with Crippen LogP contribution in [0.3, 0.4) is 0 Å². The number of piperidine rings is 1. The Labute approximate surface area is 163 Å². The molecule has 2 heterocycles. The van der Waals surface area contributed by atoms with E-state index in [1.54, 1.807) is 6.07 Å². The maximum atomic E-state index is 14.3. The Kier molecular flexibility index (Phi) is 5.88. The molecule has 0 unspecified atom stereocenters. The molecule has 0 atom stereocenters. The number of nitrogens with one attached hydrogen (secondary N) is 1. The Balaban J connectivity index is 1.70. The second-order valence-electron chi connectivity index (χ2n) is 7.56. The van der Waals surface area contributed by atoms with Gasteiger partial charge in [-0.15, -0.1) is 0 Å². The van der Waals surface area contributed by atoms with Crippen molar-refractivity contribution in [1.29, 1.82) is 0 Å². The summed E-state index contributed by atoms with van der Waals surface area (Å²) in [4.78, 5) is 26.3. The van der Waals surface area contributed by atoms with Crippen molar-refractivity contribution < 1.29 is 28.2 Å². The van der Waals surface area contributed by atoms with Crippen LogP contribution in [0.4, 0.5) is 10.1 Å². The van der Waals surface area contributed by atoms with Gasteiger partial charge in [0.25, 0.3) is 5.79 Å². The number of halogens is 1. The highest BCUT2D eigenvalue weighted by atomic mass is 19.1. The fourth-order valence-corrected chi connectivity index (χ4v) is 3.13. The first kappa shape index (κ1) is 20.1. The maximum Gasteiger partial charge on any atom is 0.350 e. The van der Waals surface area contributed by atoms with Crippen LogP contribution in [0.25, 0.3) is 0 Å². The van der Waals surface area contributed by atoms with E-state index in [2.05, 4.69) is 17.3 Å². The van der Waals surface area contributed by atoms with Crippen LogP contribution < -0.4 is 10.1 Å². The number of likely N-dealkylation sites (tertiary alicyclic amines) is 1. The van der Waals surface area contributed by atoms with Crippen molar-refractivity contribution in [2.75, 3.05) is 32.1 Å². The first-order valence-electron chi connectivity index (χ1n) is 9.28. The molecule has 0 saturated carbocycles. The maximum absolute atomic E-state index is 14.3. The monoisotopic (exact) mass is 392 g/mol. The summed E-state index contributed by atoms with van der Waals surface area (Å²) in [7, 11) is 2.08. The fraction of sp³-hybridized carbons (Fsp3) is 0.500. The number of benzene rings is 1. The van der Waals surface area contributed by atoms with Crippen LogP contribution in [0.2, 0.25) is 0 Å². The molecular formula is C20H25FN2O5. The molecule has 7 nitrogen and oxygen atoms in total. The van der Waals surface area contributed by atoms with Gasteiger partial charge in [0.05, 0.1) is 12.3 Å². The molecule has 2 saturated heterocycles. The van der Waals surface area contributed by atoms with Gasteiger partial charge in [-0.05, 0) is 51.0 Å². The van der Waals surface area contributed by atoms with Gasteiger partial charge in [-0.1, -0.05) is 6.07 Å². The summed E-state index contributed by atoms with van der Waals surface area (Å²) < 4.78 is 30.1. The van der Waals surface area contributed by atoms with Crippen molar-refractivity contribution in [2.24, 2.45) is 5.92 Å². The lowest BCUT2D eigenvalue weighted by Gasteiger charge is -2.30. The molecule has 0 radical (unpaired) electrons. The number of esters is 2. The van der Waals surface area contributed by atoms with Gasteiger partial charge in [0.2, 0.25) is 0 Å². The summed E-state index contributed by atoms with van der Waals surface area (Å²) >= 11 is 0. The summed E-state index contributed by atoms with van der Waals surface area (Å²) in [6.45, 7) is 5.31. The van der Waals surface area contributed by atoms with Gasteiger partial charge in [0, 0.05) is 20.0 Å².